The Hall–Kier alpha value is -3.63. The topological polar surface area (TPSA) is 89.3 Å². The number of hydrogen-bond acceptors (Lipinski definition) is 7. The van der Waals surface area contributed by atoms with Crippen LogP contribution in [-0.4, -0.2) is 46.7 Å². The summed E-state index contributed by atoms with van der Waals surface area (Å²) in [6.07, 6.45) is 0. The molecule has 0 bridgehead atoms. The van der Waals surface area contributed by atoms with Crippen LogP contribution in [0.25, 0.3) is 21.6 Å². The van der Waals surface area contributed by atoms with E-state index in [0.29, 0.717) is 42.3 Å². The Bertz CT molecular complexity index is 1370. The van der Waals surface area contributed by atoms with Gasteiger partial charge < -0.3 is 15.0 Å². The van der Waals surface area contributed by atoms with E-state index in [1.165, 1.54) is 34.1 Å². The molecule has 0 unspecified atom stereocenters. The molecule has 0 saturated carbocycles. The number of halogens is 1. The number of carbonyl (C=O) groups excluding carboxylic acids is 1. The lowest BCUT2D eigenvalue weighted by Crippen LogP contribution is -2.36. The van der Waals surface area contributed by atoms with Gasteiger partial charge in [0.05, 0.1) is 18.9 Å². The molecule has 2 aromatic carbocycles. The number of thiazole rings is 1. The van der Waals surface area contributed by atoms with Crippen molar-refractivity contribution in [1.29, 1.82) is 0 Å². The second-order valence-corrected chi connectivity index (χ2v) is 8.43. The van der Waals surface area contributed by atoms with E-state index in [1.807, 2.05) is 30.3 Å². The number of anilines is 2. The van der Waals surface area contributed by atoms with Gasteiger partial charge in [-0.05, 0) is 12.1 Å². The fraction of sp³-hybridized carbons (Fsp3) is 0.217. The Morgan fingerprint density at radius 2 is 1.79 bits per heavy atom. The molecule has 0 aliphatic carbocycles. The Morgan fingerprint density at radius 3 is 2.55 bits per heavy atom. The summed E-state index contributed by atoms with van der Waals surface area (Å²) in [5.74, 6) is -1.08. The van der Waals surface area contributed by atoms with E-state index < -0.39 is 17.4 Å². The van der Waals surface area contributed by atoms with Crippen molar-refractivity contribution in [3.05, 3.63) is 70.9 Å². The average molecular weight is 466 g/mol. The number of morpholine rings is 1. The Balaban J connectivity index is 1.57. The summed E-state index contributed by atoms with van der Waals surface area (Å²) in [4.78, 5) is 37.4. The van der Waals surface area contributed by atoms with E-state index in [1.54, 1.807) is 6.07 Å². The van der Waals surface area contributed by atoms with Gasteiger partial charge in [-0.1, -0.05) is 53.8 Å². The van der Waals surface area contributed by atoms with E-state index in [9.17, 15) is 14.0 Å². The number of nitrogens with zero attached hydrogens (tertiary/aromatic N) is 4. The monoisotopic (exact) mass is 465 g/mol. The number of rotatable bonds is 5. The van der Waals surface area contributed by atoms with Crippen LogP contribution in [0.1, 0.15) is 0 Å². The van der Waals surface area contributed by atoms with Gasteiger partial charge >= 0.3 is 5.69 Å². The summed E-state index contributed by atoms with van der Waals surface area (Å²) in [5.41, 5.74) is 1.27. The summed E-state index contributed by atoms with van der Waals surface area (Å²) in [6, 6.07) is 15.2. The second kappa shape index (κ2) is 9.08. The van der Waals surface area contributed by atoms with Gasteiger partial charge in [-0.15, -0.1) is 0 Å². The van der Waals surface area contributed by atoms with Crippen molar-refractivity contribution in [3.63, 3.8) is 0 Å². The summed E-state index contributed by atoms with van der Waals surface area (Å²) in [5, 5.41) is 3.26. The zero-order valence-electron chi connectivity index (χ0n) is 17.5. The molecule has 1 aliphatic rings. The lowest BCUT2D eigenvalue weighted by Gasteiger charge is -2.25. The first-order valence-electron chi connectivity index (χ1n) is 10.4. The Labute approximate surface area is 192 Å². The van der Waals surface area contributed by atoms with E-state index in [0.717, 1.165) is 10.7 Å². The van der Waals surface area contributed by atoms with Crippen LogP contribution in [0, 0.1) is 5.82 Å². The van der Waals surface area contributed by atoms with Crippen LogP contribution in [0.3, 0.4) is 0 Å². The van der Waals surface area contributed by atoms with Crippen LogP contribution in [0.5, 0.6) is 0 Å². The van der Waals surface area contributed by atoms with E-state index in [2.05, 4.69) is 15.2 Å². The number of aromatic nitrogens is 3. The van der Waals surface area contributed by atoms with Crippen molar-refractivity contribution in [2.24, 2.45) is 0 Å². The van der Waals surface area contributed by atoms with Gasteiger partial charge in [0, 0.05) is 18.7 Å². The first-order chi connectivity index (χ1) is 16.1. The molecule has 0 radical (unpaired) electrons. The zero-order valence-corrected chi connectivity index (χ0v) is 18.3. The highest BCUT2D eigenvalue weighted by atomic mass is 32.1. The third kappa shape index (κ3) is 4.35. The molecule has 1 fully saturated rings. The van der Waals surface area contributed by atoms with Crippen molar-refractivity contribution >= 4 is 38.4 Å². The van der Waals surface area contributed by atoms with E-state index in [-0.39, 0.29) is 12.2 Å². The largest absolute Gasteiger partial charge is 0.378 e. The fourth-order valence-electron chi connectivity index (χ4n) is 3.66. The van der Waals surface area contributed by atoms with Crippen LogP contribution >= 0.6 is 11.3 Å². The van der Waals surface area contributed by atoms with Crippen molar-refractivity contribution in [2.45, 2.75) is 6.54 Å². The van der Waals surface area contributed by atoms with E-state index in [4.69, 9.17) is 9.72 Å². The smallest absolute Gasteiger partial charge is 0.349 e. The number of ether oxygens (including phenoxy) is 1. The SMILES string of the molecule is O=C(Cn1c(=O)nc(-c2ccccc2)c2nc(N3CCOCC3)sc21)Nc1ccccc1F. The van der Waals surface area contributed by atoms with Gasteiger partial charge in [0.2, 0.25) is 5.91 Å². The number of hydrogen-bond donors (Lipinski definition) is 1. The molecule has 168 valence electrons. The predicted molar refractivity (Wildman–Crippen MR) is 125 cm³/mol. The van der Waals surface area contributed by atoms with E-state index >= 15 is 0 Å². The molecule has 2 aromatic heterocycles. The fourth-order valence-corrected chi connectivity index (χ4v) is 4.77. The molecule has 0 atom stereocenters. The molecular formula is C23H20FN5O3S. The Morgan fingerprint density at radius 1 is 1.06 bits per heavy atom. The number of fused-ring (bicyclic) bond motifs is 1. The first-order valence-corrected chi connectivity index (χ1v) is 11.3. The standard InChI is InChI=1S/C23H20FN5O3S/c24-16-8-4-5-9-17(16)25-18(30)14-29-21-20(27-23(33-21)28-10-12-32-13-11-28)19(26-22(29)31)15-6-2-1-3-7-15/h1-9H,10-14H2,(H,25,30). The minimum atomic E-state index is -0.567. The third-order valence-electron chi connectivity index (χ3n) is 5.28. The van der Waals surface area contributed by atoms with Crippen LogP contribution in [0.15, 0.2) is 59.4 Å². The molecule has 10 heteroatoms. The number of amides is 1. The highest BCUT2D eigenvalue weighted by Crippen LogP contribution is 2.33. The van der Waals surface area contributed by atoms with Crippen molar-refractivity contribution in [3.8, 4) is 11.3 Å². The van der Waals surface area contributed by atoms with Crippen LogP contribution in [0.2, 0.25) is 0 Å². The number of para-hydroxylation sites is 1. The van der Waals surface area contributed by atoms with Crippen LogP contribution in [-0.2, 0) is 16.1 Å². The summed E-state index contributed by atoms with van der Waals surface area (Å²) < 4.78 is 20.7. The lowest BCUT2D eigenvalue weighted by molar-refractivity contribution is -0.116. The van der Waals surface area contributed by atoms with Crippen molar-refractivity contribution in [1.82, 2.24) is 14.5 Å². The minimum Gasteiger partial charge on any atom is -0.378 e. The second-order valence-electron chi connectivity index (χ2n) is 7.47. The van der Waals surface area contributed by atoms with Crippen molar-refractivity contribution < 1.29 is 13.9 Å². The van der Waals surface area contributed by atoms with Gasteiger partial charge in [0.1, 0.15) is 28.4 Å². The van der Waals surface area contributed by atoms with Crippen molar-refractivity contribution in [2.75, 3.05) is 36.5 Å². The highest BCUT2D eigenvalue weighted by molar-refractivity contribution is 7.22. The minimum absolute atomic E-state index is 0.0546. The number of nitrogens with one attached hydrogen (secondary N) is 1. The van der Waals surface area contributed by atoms with Gasteiger partial charge in [-0.2, -0.15) is 4.98 Å². The van der Waals surface area contributed by atoms with Gasteiger partial charge in [0.15, 0.2) is 5.13 Å². The molecule has 4 aromatic rings. The third-order valence-corrected chi connectivity index (χ3v) is 6.42. The van der Waals surface area contributed by atoms with Crippen LogP contribution in [0.4, 0.5) is 15.2 Å². The molecular weight excluding hydrogens is 445 g/mol. The maximum Gasteiger partial charge on any atom is 0.349 e. The molecule has 1 saturated heterocycles. The summed E-state index contributed by atoms with van der Waals surface area (Å²) in [7, 11) is 0. The average Bonchev–Trinajstić information content (AvgIpc) is 3.29. The molecule has 8 nitrogen and oxygen atoms in total. The van der Waals surface area contributed by atoms with Gasteiger partial charge in [-0.25, -0.2) is 14.2 Å². The summed E-state index contributed by atoms with van der Waals surface area (Å²) in [6.45, 7) is 2.25. The molecule has 1 amide bonds. The first kappa shape index (κ1) is 21.2. The maximum absolute atomic E-state index is 14.0. The predicted octanol–water partition coefficient (Wildman–Crippen LogP) is 3.13. The molecule has 1 N–H and O–H groups in total. The maximum atomic E-state index is 14.0. The molecule has 3 heterocycles. The van der Waals surface area contributed by atoms with Gasteiger partial charge in [0.25, 0.3) is 0 Å². The van der Waals surface area contributed by atoms with Gasteiger partial charge in [-0.3, -0.25) is 9.36 Å². The van der Waals surface area contributed by atoms with Crippen LogP contribution < -0.4 is 15.9 Å². The quantitative estimate of drug-likeness (QED) is 0.487. The lowest BCUT2D eigenvalue weighted by atomic mass is 10.1. The zero-order chi connectivity index (χ0) is 22.8. The molecule has 5 rings (SSSR count). The summed E-state index contributed by atoms with van der Waals surface area (Å²) >= 11 is 1.33. The Kier molecular flexibility index (Phi) is 5.84. The normalized spacial score (nSPS) is 13.9. The highest BCUT2D eigenvalue weighted by Gasteiger charge is 2.22. The molecule has 0 spiro atoms. The number of benzene rings is 2. The number of carbonyl (C=O) groups is 1. The molecule has 33 heavy (non-hydrogen) atoms. The molecule has 1 aliphatic heterocycles.